The molecule has 0 unspecified atom stereocenters. The van der Waals surface area contributed by atoms with E-state index in [0.29, 0.717) is 0 Å². The molecule has 0 amide bonds. The van der Waals surface area contributed by atoms with Gasteiger partial charge in [-0.1, -0.05) is 34.6 Å². The zero-order valence-electron chi connectivity index (χ0n) is 11.6. The first kappa shape index (κ1) is 22.2. The van der Waals surface area contributed by atoms with Gasteiger partial charge in [-0.25, -0.2) is 0 Å². The van der Waals surface area contributed by atoms with Crippen LogP contribution in [0.1, 0.15) is 41.0 Å². The van der Waals surface area contributed by atoms with Crippen LogP contribution < -0.4 is 0 Å². The zero-order valence-corrected chi connectivity index (χ0v) is 17.4. The van der Waals surface area contributed by atoms with Crippen molar-refractivity contribution in [3.8, 4) is 0 Å². The van der Waals surface area contributed by atoms with Gasteiger partial charge in [0.25, 0.3) is 0 Å². The van der Waals surface area contributed by atoms with Crippen LogP contribution in [0.3, 0.4) is 0 Å². The van der Waals surface area contributed by atoms with Gasteiger partial charge in [0.1, 0.15) is 0 Å². The Kier molecular flexibility index (Phi) is 17.2. The fourth-order valence-electron chi connectivity index (χ4n) is 1.83. The van der Waals surface area contributed by atoms with Crippen LogP contribution in [0.15, 0.2) is 0 Å². The largest absolute Gasteiger partial charge is 0.794 e. The van der Waals surface area contributed by atoms with Gasteiger partial charge in [0.05, 0.1) is 0 Å². The molecule has 0 saturated heterocycles. The number of halogens is 2. The summed E-state index contributed by atoms with van der Waals surface area (Å²) < 4.78 is 0. The summed E-state index contributed by atoms with van der Waals surface area (Å²) in [6.45, 7) is 11.1. The Morgan fingerprint density at radius 2 is 1.11 bits per heavy atom. The van der Waals surface area contributed by atoms with Gasteiger partial charge >= 0.3 is 35.0 Å². The Labute approximate surface area is 141 Å². The summed E-state index contributed by atoms with van der Waals surface area (Å²) in [6, 6.07) is 0. The molecule has 0 aromatic rings. The molecule has 18 heavy (non-hydrogen) atoms. The van der Waals surface area contributed by atoms with Gasteiger partial charge in [0.2, 0.25) is 0 Å². The van der Waals surface area contributed by atoms with Crippen LogP contribution >= 0.6 is 19.1 Å². The molecule has 0 N–H and O–H groups in total. The van der Waals surface area contributed by atoms with Crippen molar-refractivity contribution < 1.29 is 15.9 Å². The van der Waals surface area contributed by atoms with Gasteiger partial charge in [0, 0.05) is 0 Å². The van der Waals surface area contributed by atoms with Crippen LogP contribution in [0, 0.1) is 29.6 Å². The van der Waals surface area contributed by atoms with Crippen molar-refractivity contribution in [2.45, 2.75) is 41.0 Å². The zero-order chi connectivity index (χ0) is 14.7. The van der Waals surface area contributed by atoms with Gasteiger partial charge < -0.3 is 25.3 Å². The summed E-state index contributed by atoms with van der Waals surface area (Å²) in [4.78, 5) is 0. The van der Waals surface area contributed by atoms with Crippen molar-refractivity contribution in [2.24, 2.45) is 0 Å². The quantitative estimate of drug-likeness (QED) is 0.501. The van der Waals surface area contributed by atoms with Crippen LogP contribution in [0.4, 0.5) is 0 Å². The summed E-state index contributed by atoms with van der Waals surface area (Å²) in [5.41, 5.74) is 0. The Bertz CT molecular complexity index is 168. The third-order valence-electron chi connectivity index (χ3n) is 3.03. The first-order valence-corrected chi connectivity index (χ1v) is 13.6. The molecule has 0 aliphatic heterocycles. The molecule has 0 heterocycles. The molecule has 1 aliphatic carbocycles. The fraction of sp³-hybridized carbons (Fsp3) is 0.615. The van der Waals surface area contributed by atoms with E-state index in [1.807, 2.05) is 0 Å². The summed E-state index contributed by atoms with van der Waals surface area (Å²) >= 11 is 8.18. The Morgan fingerprint density at radius 3 is 1.22 bits per heavy atom. The minimum Gasteiger partial charge on any atom is -0.794 e. The smallest absolute Gasteiger partial charge is 0.199 e. The normalized spacial score (nSPS) is 19.2. The maximum Gasteiger partial charge on any atom is -0.199 e. The minimum absolute atomic E-state index is 0.718. The van der Waals surface area contributed by atoms with E-state index in [9.17, 15) is 0 Å². The second kappa shape index (κ2) is 13.9. The third-order valence-corrected chi connectivity index (χ3v) is 3.70. The number of rotatable bonds is 2. The van der Waals surface area contributed by atoms with Crippen molar-refractivity contribution in [3.05, 3.63) is 29.6 Å². The second-order valence-electron chi connectivity index (χ2n) is 3.79. The van der Waals surface area contributed by atoms with E-state index < -0.39 is 15.9 Å². The molecule has 1 fully saturated rings. The molecular weight excluding hydrogens is 477 g/mol. The SMILES string of the molecule is CC[C]1[C](C)[C](C)[C](C)[C]1C.[Cl][Re][Cl].[S-]CC[S-]. The van der Waals surface area contributed by atoms with Crippen LogP contribution in [-0.2, 0) is 41.2 Å². The second-order valence-corrected chi connectivity index (χ2v) is 8.53. The van der Waals surface area contributed by atoms with E-state index in [1.54, 1.807) is 5.92 Å². The van der Waals surface area contributed by atoms with E-state index in [2.05, 4.69) is 59.9 Å². The topological polar surface area (TPSA) is 0 Å². The molecule has 5 heteroatoms. The average Bonchev–Trinajstić information content (AvgIpc) is 2.55. The summed E-state index contributed by atoms with van der Waals surface area (Å²) in [7, 11) is 9.83. The molecule has 0 bridgehead atoms. The summed E-state index contributed by atoms with van der Waals surface area (Å²) in [5.74, 6) is 8.97. The molecule has 0 nitrogen and oxygen atoms in total. The van der Waals surface area contributed by atoms with Gasteiger partial charge in [0.15, 0.2) is 0 Å². The Hall–Kier alpha value is 1.94. The summed E-state index contributed by atoms with van der Waals surface area (Å²) in [5, 5.41) is 0. The molecule has 108 valence electrons. The van der Waals surface area contributed by atoms with Gasteiger partial charge in [-0.3, -0.25) is 0 Å². The van der Waals surface area contributed by atoms with Gasteiger partial charge in [-0.05, 0) is 36.0 Å². The van der Waals surface area contributed by atoms with E-state index >= 15 is 0 Å². The maximum absolute atomic E-state index is 4.92. The third kappa shape index (κ3) is 8.28. The van der Waals surface area contributed by atoms with Crippen molar-refractivity contribution in [2.75, 3.05) is 11.5 Å². The number of hydrogen-bond acceptors (Lipinski definition) is 2. The van der Waals surface area contributed by atoms with Gasteiger partial charge in [-0.15, -0.1) is 0 Å². The predicted octanol–water partition coefficient (Wildman–Crippen LogP) is 4.82. The molecule has 0 atom stereocenters. The molecular formula is C13H21Cl2ReS2-2. The molecule has 1 rings (SSSR count). The Balaban J connectivity index is 0. The molecule has 1 saturated carbocycles. The van der Waals surface area contributed by atoms with E-state index in [1.165, 1.54) is 30.1 Å². The fourth-order valence-corrected chi connectivity index (χ4v) is 1.83. The van der Waals surface area contributed by atoms with E-state index in [0.717, 1.165) is 11.5 Å². The van der Waals surface area contributed by atoms with Crippen LogP contribution in [-0.4, -0.2) is 11.5 Å². The van der Waals surface area contributed by atoms with Crippen molar-refractivity contribution in [3.63, 3.8) is 0 Å². The standard InChI is InChI=1S/C11H17.C2H6S2.2ClH.Re/c1-6-11-9(4)7(2)8(3)10(11)5;3-1-2-4;;;/h6H2,1-5H3;3-4H,1-2H2;2*1H;/q;;;;+2/p-4. The summed E-state index contributed by atoms with van der Waals surface area (Å²) in [6.07, 6.45) is 1.17. The molecule has 0 spiro atoms. The Morgan fingerprint density at radius 1 is 0.833 bits per heavy atom. The average molecular weight is 499 g/mol. The van der Waals surface area contributed by atoms with Crippen LogP contribution in [0.25, 0.3) is 0 Å². The first-order chi connectivity index (χ1) is 8.42. The molecule has 0 aromatic carbocycles. The van der Waals surface area contributed by atoms with E-state index in [-0.39, 0.29) is 0 Å². The molecule has 1 aliphatic rings. The maximum atomic E-state index is 4.92. The van der Waals surface area contributed by atoms with Crippen molar-refractivity contribution >= 4 is 44.3 Å². The van der Waals surface area contributed by atoms with Crippen molar-refractivity contribution in [1.29, 1.82) is 0 Å². The number of hydrogen-bond donors (Lipinski definition) is 0. The van der Waals surface area contributed by atoms with Gasteiger partial charge in [-0.2, -0.15) is 11.5 Å². The first-order valence-electron chi connectivity index (χ1n) is 5.67. The van der Waals surface area contributed by atoms with Crippen LogP contribution in [0.2, 0.25) is 0 Å². The monoisotopic (exact) mass is 498 g/mol. The molecule has 5 radical (unpaired) electrons. The minimum atomic E-state index is -0.722. The predicted molar refractivity (Wildman–Crippen MR) is 85.4 cm³/mol. The van der Waals surface area contributed by atoms with Crippen LogP contribution in [0.5, 0.6) is 0 Å². The van der Waals surface area contributed by atoms with Crippen molar-refractivity contribution in [1.82, 2.24) is 0 Å². The van der Waals surface area contributed by atoms with E-state index in [4.69, 9.17) is 19.1 Å². The molecule has 0 aromatic heterocycles.